The lowest BCUT2D eigenvalue weighted by molar-refractivity contribution is 0.353. The molecule has 1 fully saturated rings. The number of allylic oxidation sites excluding steroid dienone is 2. The summed E-state index contributed by atoms with van der Waals surface area (Å²) in [6.45, 7) is 1.96. The maximum Gasteiger partial charge on any atom is 0.174 e. The number of hydrogen-bond acceptors (Lipinski definition) is 0. The number of hydrogen-bond donors (Lipinski definition) is 0. The molecular weight excluding hydrogens is 400 g/mol. The lowest BCUT2D eigenvalue weighted by atomic mass is 9.78. The molecule has 0 heterocycles. The second kappa shape index (κ2) is 8.98. The number of rotatable bonds is 2. The number of benzene rings is 3. The number of fused-ring (bicyclic) bond motifs is 1. The normalized spacial score (nSPS) is 18.9. The van der Waals surface area contributed by atoms with Crippen molar-refractivity contribution in [1.82, 2.24) is 0 Å². The van der Waals surface area contributed by atoms with Crippen LogP contribution in [0.5, 0.6) is 0 Å². The van der Waals surface area contributed by atoms with Gasteiger partial charge in [-0.25, -0.2) is 17.6 Å². The first-order valence-corrected chi connectivity index (χ1v) is 10.5. The first-order valence-electron chi connectivity index (χ1n) is 10.5. The van der Waals surface area contributed by atoms with E-state index in [0.717, 1.165) is 24.3 Å². The fourth-order valence-electron chi connectivity index (χ4n) is 4.38. The Balaban J connectivity index is 1.61. The molecule has 0 amide bonds. The molecule has 0 spiro atoms. The monoisotopic (exact) mass is 422 g/mol. The minimum Gasteiger partial charge on any atom is -0.207 e. The third-order valence-corrected chi connectivity index (χ3v) is 5.98. The van der Waals surface area contributed by atoms with Gasteiger partial charge >= 0.3 is 0 Å². The first-order chi connectivity index (χ1) is 15.0. The molecule has 3 aromatic rings. The van der Waals surface area contributed by atoms with Crippen molar-refractivity contribution in [3.8, 4) is 11.8 Å². The molecule has 0 aromatic heterocycles. The van der Waals surface area contributed by atoms with Crippen LogP contribution in [-0.2, 0) is 0 Å². The quantitative estimate of drug-likeness (QED) is 0.172. The van der Waals surface area contributed by atoms with Crippen molar-refractivity contribution >= 4 is 10.8 Å². The van der Waals surface area contributed by atoms with Gasteiger partial charge in [-0.15, -0.1) is 0 Å². The minimum atomic E-state index is -1.13. The Morgan fingerprint density at radius 2 is 1.52 bits per heavy atom. The second-order valence-corrected chi connectivity index (χ2v) is 8.04. The third-order valence-electron chi connectivity index (χ3n) is 5.98. The highest BCUT2D eigenvalue weighted by atomic mass is 19.2. The van der Waals surface area contributed by atoms with E-state index in [-0.39, 0.29) is 22.9 Å². The molecule has 4 rings (SSSR count). The second-order valence-electron chi connectivity index (χ2n) is 8.04. The van der Waals surface area contributed by atoms with Crippen LogP contribution in [0.2, 0.25) is 0 Å². The molecular formula is C27H22F4. The average molecular weight is 422 g/mol. The van der Waals surface area contributed by atoms with Crippen molar-refractivity contribution in [2.24, 2.45) is 5.92 Å². The predicted octanol–water partition coefficient (Wildman–Crippen LogP) is 7.65. The van der Waals surface area contributed by atoms with Crippen LogP contribution >= 0.6 is 0 Å². The number of halogens is 4. The van der Waals surface area contributed by atoms with Gasteiger partial charge < -0.3 is 0 Å². The van der Waals surface area contributed by atoms with Crippen molar-refractivity contribution in [3.63, 3.8) is 0 Å². The van der Waals surface area contributed by atoms with Crippen molar-refractivity contribution in [1.29, 1.82) is 0 Å². The molecule has 0 nitrogen and oxygen atoms in total. The standard InChI is InChI=1S/C27H22F4/c1-2-3-17-4-8-19(9-5-17)25-24(29)16-22(26(30)27(25)31)11-7-18-6-10-21-15-23(28)13-12-20(21)14-18/h2-3,6,10,12-17,19H,4-5,8-9H2,1H3/b3-2+. The summed E-state index contributed by atoms with van der Waals surface area (Å²) in [6.07, 6.45) is 7.04. The lowest BCUT2D eigenvalue weighted by Gasteiger charge is -2.27. The van der Waals surface area contributed by atoms with E-state index in [9.17, 15) is 17.6 Å². The topological polar surface area (TPSA) is 0 Å². The Labute approximate surface area is 179 Å². The van der Waals surface area contributed by atoms with E-state index in [1.165, 1.54) is 12.1 Å². The predicted molar refractivity (Wildman–Crippen MR) is 116 cm³/mol. The smallest absolute Gasteiger partial charge is 0.174 e. The summed E-state index contributed by atoms with van der Waals surface area (Å²) >= 11 is 0. The Hall–Kier alpha value is -3.06. The summed E-state index contributed by atoms with van der Waals surface area (Å²) in [5.74, 6) is 2.08. The summed E-state index contributed by atoms with van der Waals surface area (Å²) in [5, 5.41) is 1.48. The van der Waals surface area contributed by atoms with E-state index in [0.29, 0.717) is 29.7 Å². The van der Waals surface area contributed by atoms with Gasteiger partial charge in [0, 0.05) is 11.1 Å². The summed E-state index contributed by atoms with van der Waals surface area (Å²) in [4.78, 5) is 0. The fraction of sp³-hybridized carbons (Fsp3) is 0.259. The van der Waals surface area contributed by atoms with Gasteiger partial charge in [-0.05, 0) is 85.5 Å². The van der Waals surface area contributed by atoms with E-state index < -0.39 is 17.5 Å². The zero-order chi connectivity index (χ0) is 22.0. The highest BCUT2D eigenvalue weighted by Crippen LogP contribution is 2.39. The first kappa shape index (κ1) is 21.2. The fourth-order valence-corrected chi connectivity index (χ4v) is 4.38. The van der Waals surface area contributed by atoms with Crippen LogP contribution in [0.15, 0.2) is 54.6 Å². The highest BCUT2D eigenvalue weighted by molar-refractivity contribution is 5.84. The Kier molecular flexibility index (Phi) is 6.13. The summed E-state index contributed by atoms with van der Waals surface area (Å²) < 4.78 is 57.6. The van der Waals surface area contributed by atoms with Crippen molar-refractivity contribution in [2.45, 2.75) is 38.5 Å². The van der Waals surface area contributed by atoms with Crippen molar-refractivity contribution in [2.75, 3.05) is 0 Å². The minimum absolute atomic E-state index is 0.158. The molecule has 0 N–H and O–H groups in total. The van der Waals surface area contributed by atoms with Crippen LogP contribution in [0.25, 0.3) is 10.8 Å². The van der Waals surface area contributed by atoms with Crippen LogP contribution in [0, 0.1) is 41.0 Å². The molecule has 3 aromatic carbocycles. The molecule has 0 saturated heterocycles. The SMILES string of the molecule is C/C=C/C1CCC(c2c(F)cc(C#Cc3ccc4cc(F)ccc4c3)c(F)c2F)CC1. The van der Waals surface area contributed by atoms with E-state index in [1.54, 1.807) is 24.3 Å². The van der Waals surface area contributed by atoms with E-state index in [4.69, 9.17) is 0 Å². The van der Waals surface area contributed by atoms with Crippen LogP contribution in [0.3, 0.4) is 0 Å². The molecule has 0 radical (unpaired) electrons. The van der Waals surface area contributed by atoms with Gasteiger partial charge in [-0.2, -0.15) is 0 Å². The third kappa shape index (κ3) is 4.51. The zero-order valence-electron chi connectivity index (χ0n) is 17.2. The largest absolute Gasteiger partial charge is 0.207 e. The molecule has 1 aliphatic carbocycles. The Bertz CT molecular complexity index is 1210. The molecule has 4 heteroatoms. The van der Waals surface area contributed by atoms with Gasteiger partial charge in [0.25, 0.3) is 0 Å². The van der Waals surface area contributed by atoms with Gasteiger partial charge in [0.05, 0.1) is 5.56 Å². The van der Waals surface area contributed by atoms with Crippen molar-refractivity contribution in [3.05, 3.63) is 94.6 Å². The molecule has 1 saturated carbocycles. The highest BCUT2D eigenvalue weighted by Gasteiger charge is 2.28. The molecule has 0 bridgehead atoms. The van der Waals surface area contributed by atoms with E-state index >= 15 is 0 Å². The molecule has 0 aliphatic heterocycles. The molecule has 158 valence electrons. The lowest BCUT2D eigenvalue weighted by Crippen LogP contribution is -2.15. The molecule has 31 heavy (non-hydrogen) atoms. The van der Waals surface area contributed by atoms with E-state index in [2.05, 4.69) is 17.9 Å². The van der Waals surface area contributed by atoms with Gasteiger partial charge in [0.1, 0.15) is 11.6 Å². The zero-order valence-corrected chi connectivity index (χ0v) is 17.2. The van der Waals surface area contributed by atoms with Crippen LogP contribution in [-0.4, -0.2) is 0 Å². The van der Waals surface area contributed by atoms with Crippen molar-refractivity contribution < 1.29 is 17.6 Å². The summed E-state index contributed by atoms with van der Waals surface area (Å²) in [6, 6.07) is 10.5. The van der Waals surface area contributed by atoms with Gasteiger partial charge in [-0.1, -0.05) is 36.1 Å². The Morgan fingerprint density at radius 3 is 2.26 bits per heavy atom. The maximum absolute atomic E-state index is 14.8. The van der Waals surface area contributed by atoms with Gasteiger partial charge in [0.15, 0.2) is 11.6 Å². The van der Waals surface area contributed by atoms with Crippen LogP contribution in [0.4, 0.5) is 17.6 Å². The molecule has 0 unspecified atom stereocenters. The van der Waals surface area contributed by atoms with Crippen LogP contribution in [0.1, 0.15) is 55.2 Å². The summed E-state index contributed by atoms with van der Waals surface area (Å²) in [7, 11) is 0. The maximum atomic E-state index is 14.8. The molecule has 1 aliphatic rings. The summed E-state index contributed by atoms with van der Waals surface area (Å²) in [5.41, 5.74) is 0.0842. The van der Waals surface area contributed by atoms with Crippen LogP contribution < -0.4 is 0 Å². The van der Waals surface area contributed by atoms with Gasteiger partial charge in [-0.3, -0.25) is 0 Å². The molecule has 0 atom stereocenters. The Morgan fingerprint density at radius 1 is 0.806 bits per heavy atom. The van der Waals surface area contributed by atoms with E-state index in [1.807, 2.05) is 13.0 Å². The van der Waals surface area contributed by atoms with Gasteiger partial charge in [0.2, 0.25) is 0 Å². The average Bonchev–Trinajstić information content (AvgIpc) is 2.76.